The van der Waals surface area contributed by atoms with E-state index in [4.69, 9.17) is 13.9 Å². The molecule has 7 nitrogen and oxygen atoms in total. The molecule has 1 aromatic heterocycles. The molecule has 2 aromatic carbocycles. The van der Waals surface area contributed by atoms with Gasteiger partial charge in [0.2, 0.25) is 5.76 Å². The lowest BCUT2D eigenvalue weighted by atomic mass is 10.0. The molecule has 0 saturated heterocycles. The van der Waals surface area contributed by atoms with Crippen molar-refractivity contribution in [2.45, 2.75) is 26.7 Å². The number of carbonyl (C=O) groups is 2. The second-order valence-electron chi connectivity index (χ2n) is 7.06. The lowest BCUT2D eigenvalue weighted by Crippen LogP contribution is -2.16. The Bertz CT molecular complexity index is 1200. The minimum atomic E-state index is -0.667. The Kier molecular flexibility index (Phi) is 7.66. The van der Waals surface area contributed by atoms with Crippen LogP contribution in [0.5, 0.6) is 11.5 Å². The van der Waals surface area contributed by atoms with Crippen molar-refractivity contribution in [2.24, 2.45) is 0 Å². The maximum absolute atomic E-state index is 12.9. The Labute approximate surface area is 192 Å². The van der Waals surface area contributed by atoms with Gasteiger partial charge in [-0.1, -0.05) is 38.1 Å². The van der Waals surface area contributed by atoms with Gasteiger partial charge in [0.05, 0.1) is 13.4 Å². The molecule has 0 saturated carbocycles. The maximum atomic E-state index is 12.9. The summed E-state index contributed by atoms with van der Waals surface area (Å²) in [5.74, 6) is -0.655. The fraction of sp³-hybridized carbons (Fsp3) is 0.192. The number of anilines is 1. The van der Waals surface area contributed by atoms with E-state index in [9.17, 15) is 14.9 Å². The molecule has 0 aliphatic rings. The molecular formula is C26H24N2O5. The predicted octanol–water partition coefficient (Wildman–Crippen LogP) is 5.18. The van der Waals surface area contributed by atoms with Crippen LogP contribution in [0.2, 0.25) is 0 Å². The lowest BCUT2D eigenvalue weighted by molar-refractivity contribution is -0.112. The number of esters is 1. The van der Waals surface area contributed by atoms with Crippen LogP contribution in [0.1, 0.15) is 41.1 Å². The average molecular weight is 444 g/mol. The van der Waals surface area contributed by atoms with Crippen LogP contribution in [0.3, 0.4) is 0 Å². The number of furan rings is 1. The van der Waals surface area contributed by atoms with Gasteiger partial charge < -0.3 is 19.2 Å². The third kappa shape index (κ3) is 5.49. The minimum absolute atomic E-state index is 0.0586. The highest BCUT2D eigenvalue weighted by Gasteiger charge is 2.17. The SMILES string of the molecule is CCc1cccc(CC)c1NC(=O)C(C#N)=Cc1ccc(OC(=O)c2ccco2)c(OC)c1. The number of aryl methyl sites for hydroxylation is 2. The summed E-state index contributed by atoms with van der Waals surface area (Å²) in [5.41, 5.74) is 3.22. The summed E-state index contributed by atoms with van der Waals surface area (Å²) in [5, 5.41) is 12.5. The number of rotatable bonds is 8. The summed E-state index contributed by atoms with van der Waals surface area (Å²) in [4.78, 5) is 25.0. The maximum Gasteiger partial charge on any atom is 0.379 e. The van der Waals surface area contributed by atoms with Crippen LogP contribution in [0.15, 0.2) is 64.8 Å². The summed E-state index contributed by atoms with van der Waals surface area (Å²) in [6.07, 6.45) is 4.34. The molecule has 33 heavy (non-hydrogen) atoms. The van der Waals surface area contributed by atoms with Gasteiger partial charge in [-0.25, -0.2) is 4.79 Å². The third-order valence-electron chi connectivity index (χ3n) is 5.03. The number of hydrogen-bond acceptors (Lipinski definition) is 6. The molecule has 1 heterocycles. The van der Waals surface area contributed by atoms with Gasteiger partial charge in [0.15, 0.2) is 11.5 Å². The van der Waals surface area contributed by atoms with Crippen LogP contribution in [-0.2, 0) is 17.6 Å². The Morgan fingerprint density at radius 3 is 2.36 bits per heavy atom. The van der Waals surface area contributed by atoms with Gasteiger partial charge in [-0.15, -0.1) is 0 Å². The van der Waals surface area contributed by atoms with Crippen LogP contribution in [-0.4, -0.2) is 19.0 Å². The zero-order valence-electron chi connectivity index (χ0n) is 18.7. The molecule has 0 radical (unpaired) electrons. The van der Waals surface area contributed by atoms with Crippen molar-refractivity contribution >= 4 is 23.6 Å². The van der Waals surface area contributed by atoms with Gasteiger partial charge in [0.25, 0.3) is 5.91 Å². The lowest BCUT2D eigenvalue weighted by Gasteiger charge is -2.14. The van der Waals surface area contributed by atoms with Crippen molar-refractivity contribution in [3.05, 3.63) is 82.8 Å². The van der Waals surface area contributed by atoms with Gasteiger partial charge in [-0.2, -0.15) is 5.26 Å². The van der Waals surface area contributed by atoms with Crippen LogP contribution >= 0.6 is 0 Å². The molecule has 7 heteroatoms. The number of ether oxygens (including phenoxy) is 2. The summed E-state index contributed by atoms with van der Waals surface area (Å²) >= 11 is 0. The van der Waals surface area contributed by atoms with Gasteiger partial charge >= 0.3 is 5.97 Å². The normalized spacial score (nSPS) is 10.9. The largest absolute Gasteiger partial charge is 0.493 e. The number of benzene rings is 2. The fourth-order valence-corrected chi connectivity index (χ4v) is 3.30. The second-order valence-corrected chi connectivity index (χ2v) is 7.06. The minimum Gasteiger partial charge on any atom is -0.493 e. The monoisotopic (exact) mass is 444 g/mol. The molecular weight excluding hydrogens is 420 g/mol. The first kappa shape index (κ1) is 23.4. The van der Waals surface area contributed by atoms with E-state index >= 15 is 0 Å². The number of nitrogens with one attached hydrogen (secondary N) is 1. The Hall–Kier alpha value is -4.31. The highest BCUT2D eigenvalue weighted by Crippen LogP contribution is 2.30. The number of para-hydroxylation sites is 1. The number of carbonyl (C=O) groups excluding carboxylic acids is 2. The number of hydrogen-bond donors (Lipinski definition) is 1. The second kappa shape index (κ2) is 10.8. The zero-order valence-corrected chi connectivity index (χ0v) is 18.7. The van der Waals surface area contributed by atoms with E-state index in [1.54, 1.807) is 18.2 Å². The van der Waals surface area contributed by atoms with Crippen molar-refractivity contribution in [3.8, 4) is 17.6 Å². The van der Waals surface area contributed by atoms with Crippen molar-refractivity contribution in [2.75, 3.05) is 12.4 Å². The van der Waals surface area contributed by atoms with Crippen LogP contribution in [0.4, 0.5) is 5.69 Å². The first-order chi connectivity index (χ1) is 16.0. The van der Waals surface area contributed by atoms with Crippen LogP contribution < -0.4 is 14.8 Å². The predicted molar refractivity (Wildman–Crippen MR) is 124 cm³/mol. The molecule has 0 atom stereocenters. The Morgan fingerprint density at radius 1 is 1.06 bits per heavy atom. The Morgan fingerprint density at radius 2 is 1.79 bits per heavy atom. The van der Waals surface area contributed by atoms with Gasteiger partial charge in [0, 0.05) is 5.69 Å². The van der Waals surface area contributed by atoms with E-state index in [1.165, 1.54) is 31.6 Å². The van der Waals surface area contributed by atoms with E-state index in [0.29, 0.717) is 5.56 Å². The van der Waals surface area contributed by atoms with E-state index in [1.807, 2.05) is 38.1 Å². The molecule has 0 spiro atoms. The van der Waals surface area contributed by atoms with E-state index < -0.39 is 11.9 Å². The topological polar surface area (TPSA) is 102 Å². The summed E-state index contributed by atoms with van der Waals surface area (Å²) < 4.78 is 15.7. The molecule has 0 bridgehead atoms. The third-order valence-corrected chi connectivity index (χ3v) is 5.03. The quantitative estimate of drug-likeness (QED) is 0.222. The number of nitriles is 1. The molecule has 168 valence electrons. The van der Waals surface area contributed by atoms with Crippen molar-refractivity contribution < 1.29 is 23.5 Å². The average Bonchev–Trinajstić information content (AvgIpc) is 3.38. The van der Waals surface area contributed by atoms with E-state index in [2.05, 4.69) is 5.32 Å². The first-order valence-electron chi connectivity index (χ1n) is 10.5. The summed E-state index contributed by atoms with van der Waals surface area (Å²) in [6.45, 7) is 4.02. The van der Waals surface area contributed by atoms with Crippen LogP contribution in [0.25, 0.3) is 6.08 Å². The molecule has 3 aromatic rings. The summed E-state index contributed by atoms with van der Waals surface area (Å²) in [7, 11) is 1.43. The zero-order chi connectivity index (χ0) is 23.8. The van der Waals surface area contributed by atoms with Gasteiger partial charge in [-0.3, -0.25) is 4.79 Å². The highest BCUT2D eigenvalue weighted by atomic mass is 16.6. The molecule has 1 amide bonds. The molecule has 0 aliphatic carbocycles. The van der Waals surface area contributed by atoms with Crippen LogP contribution in [0, 0.1) is 11.3 Å². The number of nitrogens with zero attached hydrogens (tertiary/aromatic N) is 1. The Balaban J connectivity index is 1.84. The number of amides is 1. The molecule has 0 unspecified atom stereocenters. The van der Waals surface area contributed by atoms with Gasteiger partial charge in [0.1, 0.15) is 11.6 Å². The molecule has 3 rings (SSSR count). The fourth-order valence-electron chi connectivity index (χ4n) is 3.30. The van der Waals surface area contributed by atoms with Crippen molar-refractivity contribution in [3.63, 3.8) is 0 Å². The highest BCUT2D eigenvalue weighted by molar-refractivity contribution is 6.10. The smallest absolute Gasteiger partial charge is 0.379 e. The van der Waals surface area contributed by atoms with E-state index in [-0.39, 0.29) is 22.8 Å². The van der Waals surface area contributed by atoms with Gasteiger partial charge in [-0.05, 0) is 59.9 Å². The van der Waals surface area contributed by atoms with Crippen molar-refractivity contribution in [1.29, 1.82) is 5.26 Å². The molecule has 0 aliphatic heterocycles. The molecule has 0 fully saturated rings. The first-order valence-corrected chi connectivity index (χ1v) is 10.5. The molecule has 1 N–H and O–H groups in total. The summed E-state index contributed by atoms with van der Waals surface area (Å²) in [6, 6.07) is 15.6. The number of methoxy groups -OCH3 is 1. The standard InChI is InChI=1S/C26H24N2O5/c1-4-18-8-6-9-19(5-2)24(18)28-25(29)20(16-27)14-17-11-12-21(23(15-17)31-3)33-26(30)22-10-7-13-32-22/h6-15H,4-5H2,1-3H3,(H,28,29). The van der Waals surface area contributed by atoms with E-state index in [0.717, 1.165) is 29.7 Å². The van der Waals surface area contributed by atoms with Crippen molar-refractivity contribution in [1.82, 2.24) is 0 Å².